The van der Waals surface area contributed by atoms with Crippen LogP contribution in [0.2, 0.25) is 0 Å². The number of nitrogens with zero attached hydrogens (tertiary/aromatic N) is 2. The number of likely N-dealkylation sites (tertiary alicyclic amines) is 1. The van der Waals surface area contributed by atoms with Crippen LogP contribution in [-0.4, -0.2) is 49.1 Å². The Kier molecular flexibility index (Phi) is 7.01. The van der Waals surface area contributed by atoms with Crippen LogP contribution in [-0.2, 0) is 0 Å². The number of carbonyl (C=O) groups is 1. The van der Waals surface area contributed by atoms with Crippen molar-refractivity contribution < 1.29 is 4.79 Å². The van der Waals surface area contributed by atoms with E-state index in [-0.39, 0.29) is 30.7 Å². The lowest BCUT2D eigenvalue weighted by atomic mass is 10.0. The zero-order chi connectivity index (χ0) is 15.8. The molecule has 0 radical (unpaired) electrons. The third-order valence-electron chi connectivity index (χ3n) is 5.64. The Morgan fingerprint density at radius 2 is 1.76 bits per heavy atom. The van der Waals surface area contributed by atoms with E-state index in [4.69, 9.17) is 0 Å². The molecule has 1 amide bonds. The Labute approximate surface area is 163 Å². The lowest BCUT2D eigenvalue weighted by Crippen LogP contribution is -2.39. The maximum absolute atomic E-state index is 13.2. The number of hydrogen-bond acceptors (Lipinski definition) is 3. The predicted molar refractivity (Wildman–Crippen MR) is 108 cm³/mol. The Balaban J connectivity index is 0.00000113. The fourth-order valence-electron chi connectivity index (χ4n) is 4.35. The van der Waals surface area contributed by atoms with Crippen LogP contribution < -0.4 is 10.2 Å². The second-order valence-corrected chi connectivity index (χ2v) is 7.39. The zero-order valence-corrected chi connectivity index (χ0v) is 16.5. The lowest BCUT2D eigenvalue weighted by Gasteiger charge is -2.28. The number of hydrogen-bond donors (Lipinski definition) is 1. The van der Waals surface area contributed by atoms with Crippen LogP contribution in [0.25, 0.3) is 0 Å². The minimum Gasteiger partial charge on any atom is -0.371 e. The van der Waals surface area contributed by atoms with Crippen LogP contribution in [0.4, 0.5) is 5.69 Å². The van der Waals surface area contributed by atoms with Gasteiger partial charge in [0.15, 0.2) is 0 Å². The molecule has 140 valence electrons. The van der Waals surface area contributed by atoms with Crippen LogP contribution >= 0.6 is 24.8 Å². The van der Waals surface area contributed by atoms with E-state index in [0.717, 1.165) is 43.9 Å². The van der Waals surface area contributed by atoms with Gasteiger partial charge in [-0.2, -0.15) is 0 Å². The van der Waals surface area contributed by atoms with Gasteiger partial charge in [0, 0.05) is 44.0 Å². The van der Waals surface area contributed by atoms with Gasteiger partial charge in [0.2, 0.25) is 0 Å². The summed E-state index contributed by atoms with van der Waals surface area (Å²) in [5, 5.41) is 3.67. The van der Waals surface area contributed by atoms with Gasteiger partial charge < -0.3 is 15.1 Å². The van der Waals surface area contributed by atoms with Crippen molar-refractivity contribution in [1.29, 1.82) is 0 Å². The van der Waals surface area contributed by atoms with Crippen LogP contribution in [0.3, 0.4) is 0 Å². The fourth-order valence-corrected chi connectivity index (χ4v) is 4.35. The van der Waals surface area contributed by atoms with E-state index in [1.807, 2.05) is 0 Å². The van der Waals surface area contributed by atoms with Crippen LogP contribution in [0.5, 0.6) is 0 Å². The first-order chi connectivity index (χ1) is 11.2. The van der Waals surface area contributed by atoms with Gasteiger partial charge in [0.1, 0.15) is 0 Å². The molecule has 2 unspecified atom stereocenters. The normalized spacial score (nSPS) is 25.2. The highest BCUT2D eigenvalue weighted by molar-refractivity contribution is 6.00. The molecule has 1 aromatic carbocycles. The molecule has 3 heterocycles. The average Bonchev–Trinajstić information content (AvgIpc) is 3.16. The van der Waals surface area contributed by atoms with E-state index in [1.54, 1.807) is 0 Å². The van der Waals surface area contributed by atoms with Gasteiger partial charge in [0.05, 0.1) is 5.56 Å². The number of benzene rings is 1. The molecule has 6 heteroatoms. The Bertz CT molecular complexity index is 604. The predicted octanol–water partition coefficient (Wildman–Crippen LogP) is 3.41. The first kappa shape index (κ1) is 20.3. The maximum atomic E-state index is 13.2. The standard InChI is InChI=1S/C19H27N3O.2ClH/c1-14-4-7-18(21-9-2-3-10-21)17(12-14)19(23)22-11-8-15-5-6-16(13-22)20-15;;/h4,7,12,15-16,20H,2-3,5-6,8-11,13H2,1H3;2*1H. The summed E-state index contributed by atoms with van der Waals surface area (Å²) in [6.07, 6.45) is 6.04. The van der Waals surface area contributed by atoms with Gasteiger partial charge in [-0.25, -0.2) is 0 Å². The second-order valence-electron chi connectivity index (χ2n) is 7.39. The van der Waals surface area contributed by atoms with Gasteiger partial charge in [-0.3, -0.25) is 4.79 Å². The van der Waals surface area contributed by atoms with Gasteiger partial charge in [0.25, 0.3) is 5.91 Å². The third kappa shape index (κ3) is 4.24. The number of anilines is 1. The van der Waals surface area contributed by atoms with Gasteiger partial charge in [-0.05, 0) is 51.2 Å². The van der Waals surface area contributed by atoms with Gasteiger partial charge in [-0.1, -0.05) is 11.6 Å². The SMILES string of the molecule is Cc1ccc(N2CCCC2)c(C(=O)N2CCC3CCC(C2)N3)c1.Cl.Cl. The Morgan fingerprint density at radius 3 is 2.52 bits per heavy atom. The van der Waals surface area contributed by atoms with Crippen molar-refractivity contribution in [3.63, 3.8) is 0 Å². The molecule has 2 atom stereocenters. The molecule has 3 fully saturated rings. The lowest BCUT2D eigenvalue weighted by molar-refractivity contribution is 0.0748. The molecular weight excluding hydrogens is 357 g/mol. The molecule has 3 aliphatic rings. The van der Waals surface area contributed by atoms with Crippen molar-refractivity contribution in [2.24, 2.45) is 0 Å². The summed E-state index contributed by atoms with van der Waals surface area (Å²) in [4.78, 5) is 17.7. The summed E-state index contributed by atoms with van der Waals surface area (Å²) in [6.45, 7) is 5.99. The smallest absolute Gasteiger partial charge is 0.256 e. The third-order valence-corrected chi connectivity index (χ3v) is 5.64. The summed E-state index contributed by atoms with van der Waals surface area (Å²) >= 11 is 0. The highest BCUT2D eigenvalue weighted by Crippen LogP contribution is 2.28. The van der Waals surface area contributed by atoms with E-state index in [9.17, 15) is 4.79 Å². The molecule has 0 aromatic heterocycles. The van der Waals surface area contributed by atoms with Crippen molar-refractivity contribution >= 4 is 36.4 Å². The number of aryl methyl sites for hydroxylation is 1. The number of fused-ring (bicyclic) bond motifs is 2. The van der Waals surface area contributed by atoms with Crippen LogP contribution in [0, 0.1) is 6.92 Å². The molecule has 2 bridgehead atoms. The Morgan fingerprint density at radius 1 is 1.04 bits per heavy atom. The first-order valence-corrected chi connectivity index (χ1v) is 9.11. The molecule has 3 saturated heterocycles. The maximum Gasteiger partial charge on any atom is 0.256 e. The Hall–Kier alpha value is -0.970. The number of halogens is 2. The number of nitrogens with one attached hydrogen (secondary N) is 1. The van der Waals surface area contributed by atoms with E-state index in [0.29, 0.717) is 12.1 Å². The van der Waals surface area contributed by atoms with Crippen LogP contribution in [0.15, 0.2) is 18.2 Å². The molecule has 3 aliphatic heterocycles. The average molecular weight is 386 g/mol. The van der Waals surface area contributed by atoms with Gasteiger partial charge in [-0.15, -0.1) is 24.8 Å². The number of amides is 1. The summed E-state index contributed by atoms with van der Waals surface area (Å²) in [6, 6.07) is 7.49. The summed E-state index contributed by atoms with van der Waals surface area (Å²) in [7, 11) is 0. The molecule has 0 aliphatic carbocycles. The number of rotatable bonds is 2. The highest BCUT2D eigenvalue weighted by Gasteiger charge is 2.32. The van der Waals surface area contributed by atoms with E-state index in [1.165, 1.54) is 31.2 Å². The molecule has 25 heavy (non-hydrogen) atoms. The van der Waals surface area contributed by atoms with E-state index >= 15 is 0 Å². The molecule has 4 rings (SSSR count). The van der Waals surface area contributed by atoms with Crippen molar-refractivity contribution in [2.75, 3.05) is 31.1 Å². The quantitative estimate of drug-likeness (QED) is 0.846. The molecular formula is C19H29Cl2N3O. The minimum absolute atomic E-state index is 0. The summed E-state index contributed by atoms with van der Waals surface area (Å²) in [5.41, 5.74) is 3.22. The van der Waals surface area contributed by atoms with Crippen molar-refractivity contribution in [3.8, 4) is 0 Å². The summed E-state index contributed by atoms with van der Waals surface area (Å²) < 4.78 is 0. The summed E-state index contributed by atoms with van der Waals surface area (Å²) in [5.74, 6) is 0.227. The van der Waals surface area contributed by atoms with Crippen molar-refractivity contribution in [2.45, 2.75) is 51.1 Å². The molecule has 0 saturated carbocycles. The highest BCUT2D eigenvalue weighted by atomic mass is 35.5. The van der Waals surface area contributed by atoms with E-state index in [2.05, 4.69) is 40.2 Å². The second kappa shape index (κ2) is 8.61. The molecule has 4 nitrogen and oxygen atoms in total. The zero-order valence-electron chi connectivity index (χ0n) is 14.9. The minimum atomic E-state index is 0. The topological polar surface area (TPSA) is 35.6 Å². The van der Waals surface area contributed by atoms with Gasteiger partial charge >= 0.3 is 0 Å². The molecule has 0 spiro atoms. The van der Waals surface area contributed by atoms with E-state index < -0.39 is 0 Å². The van der Waals surface area contributed by atoms with Crippen LogP contribution in [0.1, 0.15) is 48.0 Å². The van der Waals surface area contributed by atoms with Crippen molar-refractivity contribution in [3.05, 3.63) is 29.3 Å². The first-order valence-electron chi connectivity index (χ1n) is 9.11. The van der Waals surface area contributed by atoms with Crippen molar-refractivity contribution in [1.82, 2.24) is 10.2 Å². The molecule has 1 aromatic rings. The monoisotopic (exact) mass is 385 g/mol. The fraction of sp³-hybridized carbons (Fsp3) is 0.632. The number of carbonyl (C=O) groups excluding carboxylic acids is 1. The largest absolute Gasteiger partial charge is 0.371 e. The molecule has 1 N–H and O–H groups in total.